The lowest BCUT2D eigenvalue weighted by molar-refractivity contribution is -0.121. The molecule has 0 spiro atoms. The molecule has 0 saturated heterocycles. The average Bonchev–Trinajstić information content (AvgIpc) is 2.91. The highest BCUT2D eigenvalue weighted by molar-refractivity contribution is 5.97. The van der Waals surface area contributed by atoms with E-state index in [9.17, 15) is 4.79 Å². The van der Waals surface area contributed by atoms with Crippen molar-refractivity contribution in [3.63, 3.8) is 0 Å². The van der Waals surface area contributed by atoms with Crippen LogP contribution in [0.2, 0.25) is 0 Å². The summed E-state index contributed by atoms with van der Waals surface area (Å²) in [6.07, 6.45) is 0.552. The van der Waals surface area contributed by atoms with Crippen LogP contribution in [0.3, 0.4) is 0 Å². The van der Waals surface area contributed by atoms with Gasteiger partial charge in [-0.15, -0.1) is 10.2 Å². The van der Waals surface area contributed by atoms with Crippen molar-refractivity contribution in [3.8, 4) is 5.75 Å². The van der Waals surface area contributed by atoms with Crippen LogP contribution >= 0.6 is 0 Å². The monoisotopic (exact) mass is 245 g/mol. The molecule has 7 nitrogen and oxygen atoms in total. The number of aromatic amines is 1. The maximum atomic E-state index is 11.9. The number of para-hydroxylation sites is 2. The van der Waals surface area contributed by atoms with Crippen molar-refractivity contribution in [2.24, 2.45) is 0 Å². The van der Waals surface area contributed by atoms with Gasteiger partial charge in [-0.1, -0.05) is 17.3 Å². The number of carbonyl (C=O) groups is 1. The lowest BCUT2D eigenvalue weighted by Gasteiger charge is -2.28. The Bertz CT molecular complexity index is 554. The van der Waals surface area contributed by atoms with E-state index in [1.54, 1.807) is 4.90 Å². The lowest BCUT2D eigenvalue weighted by Crippen LogP contribution is -2.40. The first kappa shape index (κ1) is 10.7. The SMILES string of the molecule is O=C1COc2ccccc2N1CCc1nn[nH]n1. The van der Waals surface area contributed by atoms with Gasteiger partial charge in [0.1, 0.15) is 5.75 Å². The maximum Gasteiger partial charge on any atom is 0.265 e. The summed E-state index contributed by atoms with van der Waals surface area (Å²) >= 11 is 0. The fraction of sp³-hybridized carbons (Fsp3) is 0.273. The number of amides is 1. The number of hydrogen-bond donors (Lipinski definition) is 1. The van der Waals surface area contributed by atoms with Crippen molar-refractivity contribution in [2.45, 2.75) is 6.42 Å². The predicted octanol–water partition coefficient (Wildman–Crippen LogP) is 0.168. The molecule has 1 amide bonds. The van der Waals surface area contributed by atoms with Crippen LogP contribution in [0, 0.1) is 0 Å². The summed E-state index contributed by atoms with van der Waals surface area (Å²) in [5.41, 5.74) is 0.789. The Kier molecular flexibility index (Phi) is 2.64. The predicted molar refractivity (Wildman–Crippen MR) is 62.2 cm³/mol. The first-order valence-electron chi connectivity index (χ1n) is 5.59. The van der Waals surface area contributed by atoms with Gasteiger partial charge in [-0.05, 0) is 12.1 Å². The number of nitrogens with zero attached hydrogens (tertiary/aromatic N) is 4. The number of nitrogens with one attached hydrogen (secondary N) is 1. The topological polar surface area (TPSA) is 84.0 Å². The van der Waals surface area contributed by atoms with E-state index in [0.29, 0.717) is 18.8 Å². The molecule has 7 heteroatoms. The summed E-state index contributed by atoms with van der Waals surface area (Å²) in [7, 11) is 0. The number of ether oxygens (including phenoxy) is 1. The summed E-state index contributed by atoms with van der Waals surface area (Å²) in [6.45, 7) is 0.585. The van der Waals surface area contributed by atoms with Gasteiger partial charge in [-0.2, -0.15) is 5.21 Å². The van der Waals surface area contributed by atoms with E-state index >= 15 is 0 Å². The van der Waals surface area contributed by atoms with Gasteiger partial charge in [0, 0.05) is 13.0 Å². The molecule has 0 unspecified atom stereocenters. The van der Waals surface area contributed by atoms with Crippen molar-refractivity contribution in [1.82, 2.24) is 20.6 Å². The highest BCUT2D eigenvalue weighted by Crippen LogP contribution is 2.31. The zero-order valence-electron chi connectivity index (χ0n) is 9.54. The zero-order chi connectivity index (χ0) is 12.4. The Morgan fingerprint density at radius 2 is 2.28 bits per heavy atom. The summed E-state index contributed by atoms with van der Waals surface area (Å²) in [6, 6.07) is 7.47. The Morgan fingerprint density at radius 1 is 1.39 bits per heavy atom. The second-order valence-electron chi connectivity index (χ2n) is 3.88. The quantitative estimate of drug-likeness (QED) is 0.833. The molecule has 1 aromatic heterocycles. The molecule has 0 saturated carbocycles. The summed E-state index contributed by atoms with van der Waals surface area (Å²) in [5, 5.41) is 13.6. The molecule has 3 rings (SSSR count). The summed E-state index contributed by atoms with van der Waals surface area (Å²) in [5.74, 6) is 1.26. The minimum absolute atomic E-state index is 0.0582. The molecular formula is C11H11N5O2. The van der Waals surface area contributed by atoms with Crippen LogP contribution in [-0.2, 0) is 11.2 Å². The highest BCUT2D eigenvalue weighted by Gasteiger charge is 2.24. The molecule has 2 aromatic rings. The molecule has 1 aliphatic rings. The molecule has 18 heavy (non-hydrogen) atoms. The third-order valence-electron chi connectivity index (χ3n) is 2.76. The first-order valence-corrected chi connectivity index (χ1v) is 5.59. The Morgan fingerprint density at radius 3 is 3.11 bits per heavy atom. The normalized spacial score (nSPS) is 14.2. The van der Waals surface area contributed by atoms with Crippen LogP contribution in [0.25, 0.3) is 0 Å². The Balaban J connectivity index is 1.80. The standard InChI is InChI=1S/C11H11N5O2/c17-11-7-18-9-4-2-1-3-8(9)16(11)6-5-10-12-14-15-13-10/h1-4H,5-7H2,(H,12,13,14,15). The van der Waals surface area contributed by atoms with Gasteiger partial charge in [-0.3, -0.25) is 4.79 Å². The van der Waals surface area contributed by atoms with E-state index in [1.165, 1.54) is 0 Å². The number of hydrogen-bond acceptors (Lipinski definition) is 5. The molecule has 0 radical (unpaired) electrons. The summed E-state index contributed by atoms with van der Waals surface area (Å²) < 4.78 is 5.36. The average molecular weight is 245 g/mol. The van der Waals surface area contributed by atoms with E-state index in [1.807, 2.05) is 24.3 Å². The third kappa shape index (κ3) is 1.90. The van der Waals surface area contributed by atoms with Crippen LogP contribution in [0.4, 0.5) is 5.69 Å². The molecule has 0 bridgehead atoms. The number of carbonyl (C=O) groups excluding carboxylic acids is 1. The first-order chi connectivity index (χ1) is 8.84. The molecular weight excluding hydrogens is 234 g/mol. The molecule has 1 aromatic carbocycles. The molecule has 1 aliphatic heterocycles. The number of tetrazole rings is 1. The second kappa shape index (κ2) is 4.44. The van der Waals surface area contributed by atoms with E-state index in [-0.39, 0.29) is 12.5 Å². The van der Waals surface area contributed by atoms with E-state index in [2.05, 4.69) is 20.6 Å². The molecule has 1 N–H and O–H groups in total. The van der Waals surface area contributed by atoms with Crippen molar-refractivity contribution >= 4 is 11.6 Å². The lowest BCUT2D eigenvalue weighted by atomic mass is 10.2. The molecule has 92 valence electrons. The Labute approximate surface area is 103 Å². The fourth-order valence-corrected chi connectivity index (χ4v) is 1.90. The van der Waals surface area contributed by atoms with Crippen molar-refractivity contribution in [3.05, 3.63) is 30.1 Å². The van der Waals surface area contributed by atoms with Crippen molar-refractivity contribution < 1.29 is 9.53 Å². The number of aromatic nitrogens is 4. The van der Waals surface area contributed by atoms with Crippen LogP contribution in [0.5, 0.6) is 5.75 Å². The van der Waals surface area contributed by atoms with Gasteiger partial charge in [0.25, 0.3) is 5.91 Å². The van der Waals surface area contributed by atoms with E-state index < -0.39 is 0 Å². The molecule has 0 fully saturated rings. The number of fused-ring (bicyclic) bond motifs is 1. The third-order valence-corrected chi connectivity index (χ3v) is 2.76. The molecule has 0 aliphatic carbocycles. The van der Waals surface area contributed by atoms with Gasteiger partial charge < -0.3 is 9.64 Å². The van der Waals surface area contributed by atoms with Gasteiger partial charge >= 0.3 is 0 Å². The maximum absolute atomic E-state index is 11.9. The zero-order valence-corrected chi connectivity index (χ0v) is 9.54. The van der Waals surface area contributed by atoms with Crippen LogP contribution in [-0.4, -0.2) is 39.7 Å². The van der Waals surface area contributed by atoms with Gasteiger partial charge in [0.05, 0.1) is 5.69 Å². The number of rotatable bonds is 3. The van der Waals surface area contributed by atoms with Crippen LogP contribution in [0.15, 0.2) is 24.3 Å². The highest BCUT2D eigenvalue weighted by atomic mass is 16.5. The van der Waals surface area contributed by atoms with Gasteiger partial charge in [0.15, 0.2) is 12.4 Å². The van der Waals surface area contributed by atoms with E-state index in [4.69, 9.17) is 4.74 Å². The molecule has 0 atom stereocenters. The minimum Gasteiger partial charge on any atom is -0.482 e. The second-order valence-corrected chi connectivity index (χ2v) is 3.88. The Hall–Kier alpha value is -2.44. The van der Waals surface area contributed by atoms with Gasteiger partial charge in [-0.25, -0.2) is 0 Å². The van der Waals surface area contributed by atoms with E-state index in [0.717, 1.165) is 11.4 Å². The number of H-pyrrole nitrogens is 1. The van der Waals surface area contributed by atoms with Crippen molar-refractivity contribution in [1.29, 1.82) is 0 Å². The minimum atomic E-state index is -0.0582. The number of benzene rings is 1. The van der Waals surface area contributed by atoms with Crippen LogP contribution < -0.4 is 9.64 Å². The smallest absolute Gasteiger partial charge is 0.265 e. The largest absolute Gasteiger partial charge is 0.482 e. The van der Waals surface area contributed by atoms with Gasteiger partial charge in [0.2, 0.25) is 0 Å². The molecule has 2 heterocycles. The fourth-order valence-electron chi connectivity index (χ4n) is 1.90. The summed E-state index contributed by atoms with van der Waals surface area (Å²) in [4.78, 5) is 13.5. The van der Waals surface area contributed by atoms with Crippen LogP contribution in [0.1, 0.15) is 5.82 Å². The van der Waals surface area contributed by atoms with Crippen molar-refractivity contribution in [2.75, 3.05) is 18.1 Å². The number of anilines is 1.